The first-order valence-electron chi connectivity index (χ1n) is 9.16. The molecular formula is C22H24N2O4S. The number of hydrogen-bond acceptors (Lipinski definition) is 5. The molecule has 0 saturated carbocycles. The highest BCUT2D eigenvalue weighted by Crippen LogP contribution is 2.28. The van der Waals surface area contributed by atoms with E-state index in [2.05, 4.69) is 11.9 Å². The molecule has 2 aromatic carbocycles. The highest BCUT2D eigenvalue weighted by molar-refractivity contribution is 7.09. The number of aryl methyl sites for hydroxylation is 1. The second kappa shape index (κ2) is 8.96. The summed E-state index contributed by atoms with van der Waals surface area (Å²) in [6, 6.07) is 12.9. The largest absolute Gasteiger partial charge is 0.497 e. The molecule has 0 N–H and O–H groups in total. The Morgan fingerprint density at radius 2 is 1.55 bits per heavy atom. The predicted octanol–water partition coefficient (Wildman–Crippen LogP) is 4.08. The van der Waals surface area contributed by atoms with Gasteiger partial charge in [-0.1, -0.05) is 6.92 Å². The van der Waals surface area contributed by atoms with Crippen molar-refractivity contribution in [3.63, 3.8) is 0 Å². The fourth-order valence-corrected chi connectivity index (χ4v) is 4.11. The van der Waals surface area contributed by atoms with Gasteiger partial charge < -0.3 is 18.8 Å². The summed E-state index contributed by atoms with van der Waals surface area (Å²) >= 11 is 1.52. The summed E-state index contributed by atoms with van der Waals surface area (Å²) in [7, 11) is 6.67. The van der Waals surface area contributed by atoms with Crippen molar-refractivity contribution < 1.29 is 19.0 Å². The van der Waals surface area contributed by atoms with Crippen LogP contribution in [0.2, 0.25) is 0 Å². The number of ether oxygens (including phenoxy) is 3. The van der Waals surface area contributed by atoms with Crippen LogP contribution in [0.4, 0.5) is 0 Å². The first-order valence-corrected chi connectivity index (χ1v) is 9.97. The number of rotatable bonds is 6. The maximum Gasteiger partial charge on any atom is 0.279 e. The Hall–Kier alpha value is -3.06. The second-order valence-corrected chi connectivity index (χ2v) is 7.38. The SMILES string of the molecule is CCc1sc(=NC(=O)c2cc(OC)cc(OC)c2)n(C)c1-c1ccc(OC)cc1. The number of nitrogens with zero attached hydrogens (tertiary/aromatic N) is 2. The van der Waals surface area contributed by atoms with Crippen molar-refractivity contribution in [2.75, 3.05) is 21.3 Å². The van der Waals surface area contributed by atoms with Gasteiger partial charge in [-0.3, -0.25) is 4.79 Å². The van der Waals surface area contributed by atoms with Crippen LogP contribution in [0.25, 0.3) is 11.3 Å². The number of benzene rings is 2. The van der Waals surface area contributed by atoms with Crippen molar-refractivity contribution in [3.8, 4) is 28.5 Å². The molecule has 29 heavy (non-hydrogen) atoms. The molecule has 0 radical (unpaired) electrons. The van der Waals surface area contributed by atoms with Crippen molar-refractivity contribution in [2.45, 2.75) is 13.3 Å². The van der Waals surface area contributed by atoms with E-state index in [-0.39, 0.29) is 5.91 Å². The molecular weight excluding hydrogens is 388 g/mol. The lowest BCUT2D eigenvalue weighted by molar-refractivity contribution is 0.0997. The third-order valence-electron chi connectivity index (χ3n) is 4.58. The fraction of sp³-hybridized carbons (Fsp3) is 0.273. The summed E-state index contributed by atoms with van der Waals surface area (Å²) in [5.41, 5.74) is 2.52. The Labute approximate surface area is 174 Å². The van der Waals surface area contributed by atoms with Gasteiger partial charge >= 0.3 is 0 Å². The summed E-state index contributed by atoms with van der Waals surface area (Å²) < 4.78 is 17.7. The predicted molar refractivity (Wildman–Crippen MR) is 114 cm³/mol. The van der Waals surface area contributed by atoms with E-state index in [1.165, 1.54) is 11.3 Å². The average Bonchev–Trinajstić information content (AvgIpc) is 3.08. The first kappa shape index (κ1) is 20.7. The topological polar surface area (TPSA) is 62.0 Å². The smallest absolute Gasteiger partial charge is 0.279 e. The van der Waals surface area contributed by atoms with Gasteiger partial charge in [-0.2, -0.15) is 4.99 Å². The minimum Gasteiger partial charge on any atom is -0.497 e. The van der Waals surface area contributed by atoms with Crippen molar-refractivity contribution in [1.82, 2.24) is 4.57 Å². The third kappa shape index (κ3) is 4.35. The van der Waals surface area contributed by atoms with E-state index in [1.807, 2.05) is 35.9 Å². The van der Waals surface area contributed by atoms with E-state index in [9.17, 15) is 4.79 Å². The number of hydrogen-bond donors (Lipinski definition) is 0. The highest BCUT2D eigenvalue weighted by atomic mass is 32.1. The zero-order valence-corrected chi connectivity index (χ0v) is 18.0. The average molecular weight is 413 g/mol. The maximum atomic E-state index is 12.8. The Kier molecular flexibility index (Phi) is 6.39. The Balaban J connectivity index is 2.06. The molecule has 0 unspecified atom stereocenters. The molecule has 152 valence electrons. The highest BCUT2D eigenvalue weighted by Gasteiger charge is 2.14. The zero-order chi connectivity index (χ0) is 21.0. The van der Waals surface area contributed by atoms with E-state index in [1.54, 1.807) is 39.5 Å². The standard InChI is InChI=1S/C22H24N2O4S/c1-6-19-20(14-7-9-16(26-3)10-8-14)24(2)22(29-19)23-21(25)15-11-17(27-4)13-18(12-15)28-5/h7-13H,6H2,1-5H3. The molecule has 0 fully saturated rings. The van der Waals surface area contributed by atoms with E-state index in [0.717, 1.165) is 28.3 Å². The molecule has 6 nitrogen and oxygen atoms in total. The van der Waals surface area contributed by atoms with Gasteiger partial charge in [0.2, 0.25) is 0 Å². The van der Waals surface area contributed by atoms with Crippen molar-refractivity contribution in [1.29, 1.82) is 0 Å². The minimum atomic E-state index is -0.344. The van der Waals surface area contributed by atoms with Gasteiger partial charge in [-0.25, -0.2) is 0 Å². The minimum absolute atomic E-state index is 0.344. The van der Waals surface area contributed by atoms with Gasteiger partial charge in [0.05, 0.1) is 27.0 Å². The van der Waals surface area contributed by atoms with Crippen LogP contribution < -0.4 is 19.0 Å². The van der Waals surface area contributed by atoms with Crippen LogP contribution in [0.1, 0.15) is 22.2 Å². The normalized spacial score (nSPS) is 11.4. The van der Waals surface area contributed by atoms with Gasteiger partial charge in [-0.05, 0) is 48.4 Å². The molecule has 3 aromatic rings. The van der Waals surface area contributed by atoms with Gasteiger partial charge in [0.1, 0.15) is 17.2 Å². The van der Waals surface area contributed by atoms with Gasteiger partial charge in [0, 0.05) is 23.6 Å². The van der Waals surface area contributed by atoms with E-state index < -0.39 is 0 Å². The molecule has 0 aliphatic carbocycles. The monoisotopic (exact) mass is 412 g/mol. The molecule has 0 bridgehead atoms. The Morgan fingerprint density at radius 3 is 2.07 bits per heavy atom. The lowest BCUT2D eigenvalue weighted by atomic mass is 10.1. The van der Waals surface area contributed by atoms with Gasteiger partial charge in [0.25, 0.3) is 5.91 Å². The summed E-state index contributed by atoms with van der Waals surface area (Å²) in [6.45, 7) is 2.09. The molecule has 7 heteroatoms. The van der Waals surface area contributed by atoms with Crippen LogP contribution >= 0.6 is 11.3 Å². The number of methoxy groups -OCH3 is 3. The van der Waals surface area contributed by atoms with Crippen LogP contribution in [0.5, 0.6) is 17.2 Å². The van der Waals surface area contributed by atoms with Crippen molar-refractivity contribution in [2.24, 2.45) is 12.0 Å². The van der Waals surface area contributed by atoms with E-state index in [4.69, 9.17) is 14.2 Å². The zero-order valence-electron chi connectivity index (χ0n) is 17.2. The van der Waals surface area contributed by atoms with E-state index >= 15 is 0 Å². The van der Waals surface area contributed by atoms with Crippen LogP contribution in [-0.4, -0.2) is 31.8 Å². The number of amides is 1. The summed E-state index contributed by atoms with van der Waals surface area (Å²) in [4.78, 5) is 19.0. The van der Waals surface area contributed by atoms with E-state index in [0.29, 0.717) is 21.9 Å². The van der Waals surface area contributed by atoms with Gasteiger partial charge in [-0.15, -0.1) is 11.3 Å². The molecule has 1 aromatic heterocycles. The number of thiazole rings is 1. The first-order chi connectivity index (χ1) is 14.0. The fourth-order valence-electron chi connectivity index (χ4n) is 3.03. The van der Waals surface area contributed by atoms with Crippen molar-refractivity contribution >= 4 is 17.2 Å². The van der Waals surface area contributed by atoms with Crippen molar-refractivity contribution in [3.05, 3.63) is 57.7 Å². The summed E-state index contributed by atoms with van der Waals surface area (Å²) in [5, 5.41) is 0. The van der Waals surface area contributed by atoms with Gasteiger partial charge in [0.15, 0.2) is 4.80 Å². The number of carbonyl (C=O) groups is 1. The maximum absolute atomic E-state index is 12.8. The Morgan fingerprint density at radius 1 is 0.966 bits per heavy atom. The Bertz CT molecular complexity index is 1060. The molecule has 0 aliphatic rings. The van der Waals surface area contributed by atoms with Crippen LogP contribution in [0.3, 0.4) is 0 Å². The van der Waals surface area contributed by atoms with Crippen LogP contribution in [0, 0.1) is 0 Å². The summed E-state index contributed by atoms with van der Waals surface area (Å²) in [5.74, 6) is 1.55. The molecule has 0 spiro atoms. The second-order valence-electron chi connectivity index (χ2n) is 6.32. The molecule has 1 amide bonds. The molecule has 0 saturated heterocycles. The lowest BCUT2D eigenvalue weighted by Gasteiger charge is -2.07. The molecule has 1 heterocycles. The molecule has 0 atom stereocenters. The summed E-state index contributed by atoms with van der Waals surface area (Å²) in [6.07, 6.45) is 0.844. The van der Waals surface area contributed by atoms with Crippen LogP contribution in [0.15, 0.2) is 47.5 Å². The molecule has 0 aliphatic heterocycles. The number of aromatic nitrogens is 1. The lowest BCUT2D eigenvalue weighted by Crippen LogP contribution is -2.14. The quantitative estimate of drug-likeness (QED) is 0.612. The van der Waals surface area contributed by atoms with Crippen LogP contribution in [-0.2, 0) is 13.5 Å². The molecule has 3 rings (SSSR count). The number of carbonyl (C=O) groups excluding carboxylic acids is 1. The third-order valence-corrected chi connectivity index (χ3v) is 5.86.